The third kappa shape index (κ3) is 6.12. The Hall–Kier alpha value is -3.36. The molecule has 7 nitrogen and oxygen atoms in total. The zero-order valence-corrected chi connectivity index (χ0v) is 19.8. The number of nitrogens with zero attached hydrogens (tertiary/aromatic N) is 2. The molecule has 3 aromatic rings. The topological polar surface area (TPSA) is 86.8 Å². The van der Waals surface area contributed by atoms with Crippen molar-refractivity contribution in [2.45, 2.75) is 13.1 Å². The van der Waals surface area contributed by atoms with Gasteiger partial charge in [0.1, 0.15) is 0 Å². The number of hydrogen-bond donors (Lipinski definition) is 1. The molecule has 0 aliphatic rings. The van der Waals surface area contributed by atoms with Crippen molar-refractivity contribution >= 4 is 45.3 Å². The molecule has 2 amide bonds. The van der Waals surface area contributed by atoms with E-state index in [9.17, 15) is 18.0 Å². The predicted molar refractivity (Wildman–Crippen MR) is 131 cm³/mol. The normalized spacial score (nSPS) is 11.0. The van der Waals surface area contributed by atoms with Crippen molar-refractivity contribution in [3.05, 3.63) is 94.5 Å². The number of amides is 2. The molecule has 0 aliphatic heterocycles. The Bertz CT molecular complexity index is 1230. The minimum atomic E-state index is -3.57. The van der Waals surface area contributed by atoms with Gasteiger partial charge in [0.05, 0.1) is 25.0 Å². The second-order valence-corrected chi connectivity index (χ2v) is 9.70. The molecule has 9 heteroatoms. The molecule has 0 spiro atoms. The Morgan fingerprint density at radius 3 is 2.09 bits per heavy atom. The lowest BCUT2D eigenvalue weighted by Crippen LogP contribution is -2.29. The minimum absolute atomic E-state index is 0.0902. The fraction of sp³-hybridized carbons (Fsp3) is 0.167. The Morgan fingerprint density at radius 2 is 1.55 bits per heavy atom. The van der Waals surface area contributed by atoms with Gasteiger partial charge in [0.25, 0.3) is 5.91 Å². The summed E-state index contributed by atoms with van der Waals surface area (Å²) in [6.45, 7) is 0.388. The van der Waals surface area contributed by atoms with Crippen LogP contribution in [0.1, 0.15) is 21.5 Å². The predicted octanol–water partition coefficient (Wildman–Crippen LogP) is 3.83. The van der Waals surface area contributed by atoms with Gasteiger partial charge in [-0.2, -0.15) is 0 Å². The second kappa shape index (κ2) is 10.5. The van der Waals surface area contributed by atoms with E-state index in [1.807, 2.05) is 0 Å². The van der Waals surface area contributed by atoms with Crippen LogP contribution in [0.25, 0.3) is 0 Å². The smallest absolute Gasteiger partial charge is 0.251 e. The largest absolute Gasteiger partial charge is 0.355 e. The fourth-order valence-corrected chi connectivity index (χ4v) is 4.36. The zero-order valence-electron chi connectivity index (χ0n) is 18.2. The van der Waals surface area contributed by atoms with Crippen LogP contribution >= 0.6 is 11.6 Å². The van der Waals surface area contributed by atoms with Crippen molar-refractivity contribution in [3.63, 3.8) is 0 Å². The number of halogens is 1. The number of nitrogens with one attached hydrogen (secondary N) is 1. The van der Waals surface area contributed by atoms with Gasteiger partial charge in [-0.3, -0.25) is 13.9 Å². The van der Waals surface area contributed by atoms with Crippen LogP contribution in [0.4, 0.5) is 11.4 Å². The highest BCUT2D eigenvalue weighted by molar-refractivity contribution is 7.92. The quantitative estimate of drug-likeness (QED) is 0.467. The first-order valence-corrected chi connectivity index (χ1v) is 12.3. The first kappa shape index (κ1) is 24.3. The molecule has 0 radical (unpaired) electrons. The van der Waals surface area contributed by atoms with Gasteiger partial charge in [-0.05, 0) is 53.6 Å². The molecule has 0 unspecified atom stereocenters. The van der Waals surface area contributed by atoms with E-state index in [4.69, 9.17) is 11.6 Å². The lowest BCUT2D eigenvalue weighted by Gasteiger charge is -2.24. The third-order valence-corrected chi connectivity index (χ3v) is 6.57. The van der Waals surface area contributed by atoms with Gasteiger partial charge in [0.2, 0.25) is 16.4 Å². The van der Waals surface area contributed by atoms with Gasteiger partial charge in [-0.1, -0.05) is 41.9 Å². The van der Waals surface area contributed by atoms with Crippen molar-refractivity contribution in [1.29, 1.82) is 0 Å². The highest BCUT2D eigenvalue weighted by atomic mass is 35.5. The maximum absolute atomic E-state index is 12.4. The lowest BCUT2D eigenvalue weighted by atomic mass is 10.1. The summed E-state index contributed by atoms with van der Waals surface area (Å²) >= 11 is 6.21. The van der Waals surface area contributed by atoms with E-state index in [0.717, 1.165) is 11.8 Å². The van der Waals surface area contributed by atoms with Gasteiger partial charge >= 0.3 is 0 Å². The molecule has 0 saturated heterocycles. The van der Waals surface area contributed by atoms with E-state index >= 15 is 0 Å². The average molecular weight is 486 g/mol. The molecule has 0 aromatic heterocycles. The van der Waals surface area contributed by atoms with Crippen LogP contribution in [-0.4, -0.2) is 34.0 Å². The maximum atomic E-state index is 12.4. The first-order valence-electron chi connectivity index (χ1n) is 10.1. The van der Waals surface area contributed by atoms with Crippen molar-refractivity contribution in [2.75, 3.05) is 22.5 Å². The van der Waals surface area contributed by atoms with E-state index < -0.39 is 10.0 Å². The molecule has 0 heterocycles. The summed E-state index contributed by atoms with van der Waals surface area (Å²) < 4.78 is 26.2. The Balaban J connectivity index is 1.80. The van der Waals surface area contributed by atoms with Gasteiger partial charge in [0.15, 0.2) is 0 Å². The number of anilines is 2. The summed E-state index contributed by atoms with van der Waals surface area (Å²) in [7, 11) is -2.01. The first-order chi connectivity index (χ1) is 15.7. The molecule has 0 fully saturated rings. The average Bonchev–Trinajstić information content (AvgIpc) is 2.81. The molecule has 1 N–H and O–H groups in total. The molecule has 0 atom stereocenters. The molecule has 172 valence electrons. The minimum Gasteiger partial charge on any atom is -0.355 e. The molecule has 33 heavy (non-hydrogen) atoms. The van der Waals surface area contributed by atoms with E-state index in [1.54, 1.807) is 79.8 Å². The molecule has 3 aromatic carbocycles. The number of benzene rings is 3. The van der Waals surface area contributed by atoms with Crippen molar-refractivity contribution in [2.24, 2.45) is 0 Å². The zero-order chi connectivity index (χ0) is 24.0. The van der Waals surface area contributed by atoms with Crippen LogP contribution in [0.5, 0.6) is 0 Å². The molecule has 0 aliphatic carbocycles. The number of carbonyl (C=O) groups excluding carboxylic acids is 2. The maximum Gasteiger partial charge on any atom is 0.251 e. The van der Waals surface area contributed by atoms with Gasteiger partial charge in [-0.15, -0.1) is 0 Å². The summed E-state index contributed by atoms with van der Waals surface area (Å²) in [4.78, 5) is 24.9. The molecule has 0 bridgehead atoms. The van der Waals surface area contributed by atoms with E-state index in [1.165, 1.54) is 9.21 Å². The van der Waals surface area contributed by atoms with Crippen molar-refractivity contribution in [1.82, 2.24) is 5.32 Å². The van der Waals surface area contributed by atoms with Crippen LogP contribution in [0, 0.1) is 0 Å². The van der Waals surface area contributed by atoms with Gasteiger partial charge < -0.3 is 10.2 Å². The molecular weight excluding hydrogens is 462 g/mol. The van der Waals surface area contributed by atoms with E-state index in [0.29, 0.717) is 40.5 Å². The van der Waals surface area contributed by atoms with Crippen LogP contribution in [0.2, 0.25) is 5.02 Å². The van der Waals surface area contributed by atoms with Crippen LogP contribution in [0.15, 0.2) is 72.8 Å². The summed E-state index contributed by atoms with van der Waals surface area (Å²) in [5.41, 5.74) is 3.12. The summed E-state index contributed by atoms with van der Waals surface area (Å²) in [6, 6.07) is 20.7. The lowest BCUT2D eigenvalue weighted by molar-refractivity contribution is -0.107. The summed E-state index contributed by atoms with van der Waals surface area (Å²) in [5.74, 6) is -0.184. The second-order valence-electron chi connectivity index (χ2n) is 7.39. The number of rotatable bonds is 9. The SMILES string of the molecule is CNC(=O)c1ccc(CN(C=O)c2ccc(N(Cc3ccccc3Cl)S(C)(=O)=O)cc2)cc1. The Labute approximate surface area is 198 Å². The third-order valence-electron chi connectivity index (χ3n) is 5.06. The Kier molecular flexibility index (Phi) is 7.73. The molecule has 3 rings (SSSR count). The standard InChI is InChI=1S/C24H24ClN3O4S/c1-26-24(30)19-9-7-18(8-10-19)15-27(17-29)21-11-13-22(14-12-21)28(33(2,31)32)16-20-5-3-4-6-23(20)25/h3-14,17H,15-16H2,1-2H3,(H,26,30). The van der Waals surface area contributed by atoms with Gasteiger partial charge in [-0.25, -0.2) is 8.42 Å². The van der Waals surface area contributed by atoms with Gasteiger partial charge in [0, 0.05) is 23.3 Å². The highest BCUT2D eigenvalue weighted by Gasteiger charge is 2.19. The van der Waals surface area contributed by atoms with Crippen LogP contribution < -0.4 is 14.5 Å². The van der Waals surface area contributed by atoms with Crippen molar-refractivity contribution in [3.8, 4) is 0 Å². The fourth-order valence-electron chi connectivity index (χ4n) is 3.28. The van der Waals surface area contributed by atoms with E-state index in [2.05, 4.69) is 5.32 Å². The molecular formula is C24H24ClN3O4S. The highest BCUT2D eigenvalue weighted by Crippen LogP contribution is 2.27. The van der Waals surface area contributed by atoms with Crippen LogP contribution in [-0.2, 0) is 27.9 Å². The van der Waals surface area contributed by atoms with E-state index in [-0.39, 0.29) is 12.5 Å². The number of carbonyl (C=O) groups is 2. The van der Waals surface area contributed by atoms with Crippen LogP contribution in [0.3, 0.4) is 0 Å². The monoisotopic (exact) mass is 485 g/mol. The van der Waals surface area contributed by atoms with Crippen molar-refractivity contribution < 1.29 is 18.0 Å². The summed E-state index contributed by atoms with van der Waals surface area (Å²) in [5, 5.41) is 3.05. The molecule has 0 saturated carbocycles. The summed E-state index contributed by atoms with van der Waals surface area (Å²) in [6.07, 6.45) is 1.84. The number of sulfonamides is 1. The Morgan fingerprint density at radius 1 is 0.939 bits per heavy atom. The number of hydrogen-bond acceptors (Lipinski definition) is 4.